The number of aromatic nitrogens is 1. The van der Waals surface area contributed by atoms with Gasteiger partial charge in [-0.25, -0.2) is 4.98 Å². The number of rotatable bonds is 3. The molecule has 4 heteroatoms. The predicted molar refractivity (Wildman–Crippen MR) is 49.7 cm³/mol. The molecule has 1 atom stereocenters. The zero-order valence-corrected chi connectivity index (χ0v) is 7.94. The molecule has 0 aromatic carbocycles. The second kappa shape index (κ2) is 3.64. The highest BCUT2D eigenvalue weighted by atomic mass is 35.5. The molecule has 64 valence electrons. The quantitative estimate of drug-likeness (QED) is 0.554. The van der Waals surface area contributed by atoms with E-state index in [1.165, 1.54) is 0 Å². The molecule has 0 radical (unpaired) electrons. The number of thioether (sulfide) groups is 1. The van der Waals surface area contributed by atoms with Crippen LogP contribution in [0.2, 0.25) is 5.02 Å². The summed E-state index contributed by atoms with van der Waals surface area (Å²) < 4.78 is 5.08. The van der Waals surface area contributed by atoms with Crippen molar-refractivity contribution >= 4 is 23.4 Å². The van der Waals surface area contributed by atoms with Crippen molar-refractivity contribution in [2.24, 2.45) is 0 Å². The van der Waals surface area contributed by atoms with Gasteiger partial charge in [-0.3, -0.25) is 0 Å². The minimum absolute atomic E-state index is 0.424. The third-order valence-electron chi connectivity index (χ3n) is 1.53. The molecule has 1 fully saturated rings. The van der Waals surface area contributed by atoms with Gasteiger partial charge in [-0.1, -0.05) is 11.6 Å². The second-order valence-corrected chi connectivity index (χ2v) is 3.97. The summed E-state index contributed by atoms with van der Waals surface area (Å²) in [6.45, 7) is 0.886. The fourth-order valence-electron chi connectivity index (χ4n) is 0.814. The van der Waals surface area contributed by atoms with Crippen LogP contribution in [0.5, 0.6) is 0 Å². The van der Waals surface area contributed by atoms with Gasteiger partial charge in [0.15, 0.2) is 0 Å². The maximum Gasteiger partial charge on any atom is 0.115 e. The van der Waals surface area contributed by atoms with Crippen molar-refractivity contribution in [3.8, 4) is 0 Å². The predicted octanol–water partition coefficient (Wildman–Crippen LogP) is 2.23. The molecule has 1 saturated heterocycles. The van der Waals surface area contributed by atoms with E-state index < -0.39 is 0 Å². The second-order valence-electron chi connectivity index (χ2n) is 2.56. The Labute approximate surface area is 80.3 Å². The van der Waals surface area contributed by atoms with Crippen molar-refractivity contribution in [2.45, 2.75) is 11.1 Å². The zero-order chi connectivity index (χ0) is 8.39. The van der Waals surface area contributed by atoms with E-state index in [0.29, 0.717) is 6.10 Å². The van der Waals surface area contributed by atoms with Crippen LogP contribution < -0.4 is 0 Å². The van der Waals surface area contributed by atoms with Crippen molar-refractivity contribution in [2.75, 3.05) is 12.4 Å². The van der Waals surface area contributed by atoms with Crippen LogP contribution in [0.4, 0.5) is 0 Å². The lowest BCUT2D eigenvalue weighted by Crippen LogP contribution is -1.90. The Morgan fingerprint density at radius 1 is 1.75 bits per heavy atom. The molecule has 0 amide bonds. The maximum absolute atomic E-state index is 5.90. The summed E-state index contributed by atoms with van der Waals surface area (Å²) in [5.74, 6) is 0.955. The first-order valence-electron chi connectivity index (χ1n) is 3.71. The molecule has 1 aromatic heterocycles. The van der Waals surface area contributed by atoms with E-state index in [1.807, 2.05) is 12.1 Å². The SMILES string of the molecule is Clc1cccnc1SCC1CO1. The molecule has 2 heterocycles. The summed E-state index contributed by atoms with van der Waals surface area (Å²) in [5, 5.41) is 1.62. The summed E-state index contributed by atoms with van der Waals surface area (Å²) in [5.41, 5.74) is 0. The van der Waals surface area contributed by atoms with Gasteiger partial charge in [0, 0.05) is 11.9 Å². The molecular formula is C8H8ClNOS. The summed E-state index contributed by atoms with van der Waals surface area (Å²) in [4.78, 5) is 4.15. The highest BCUT2D eigenvalue weighted by Crippen LogP contribution is 2.27. The number of hydrogen-bond donors (Lipinski definition) is 0. The minimum atomic E-state index is 0.424. The molecule has 1 aliphatic rings. The highest BCUT2D eigenvalue weighted by Gasteiger charge is 2.22. The Morgan fingerprint density at radius 2 is 2.58 bits per heavy atom. The third-order valence-corrected chi connectivity index (χ3v) is 3.09. The van der Waals surface area contributed by atoms with Crippen LogP contribution in [0.15, 0.2) is 23.4 Å². The monoisotopic (exact) mass is 201 g/mol. The number of epoxide rings is 1. The van der Waals surface area contributed by atoms with Crippen molar-refractivity contribution in [3.05, 3.63) is 23.4 Å². The zero-order valence-electron chi connectivity index (χ0n) is 6.37. The van der Waals surface area contributed by atoms with Crippen molar-refractivity contribution in [1.82, 2.24) is 4.98 Å². The first kappa shape index (κ1) is 8.35. The van der Waals surface area contributed by atoms with Gasteiger partial charge < -0.3 is 4.74 Å². The molecule has 12 heavy (non-hydrogen) atoms. The first-order valence-corrected chi connectivity index (χ1v) is 5.07. The van der Waals surface area contributed by atoms with Crippen LogP contribution in [0, 0.1) is 0 Å². The summed E-state index contributed by atoms with van der Waals surface area (Å²) in [6.07, 6.45) is 2.18. The maximum atomic E-state index is 5.90. The lowest BCUT2D eigenvalue weighted by Gasteiger charge is -1.99. The molecule has 1 aliphatic heterocycles. The van der Waals surface area contributed by atoms with Crippen LogP contribution in [-0.4, -0.2) is 23.4 Å². The van der Waals surface area contributed by atoms with Gasteiger partial charge in [0.05, 0.1) is 17.7 Å². The number of hydrogen-bond acceptors (Lipinski definition) is 3. The Balaban J connectivity index is 1.96. The first-order chi connectivity index (χ1) is 5.86. The van der Waals surface area contributed by atoms with Crippen LogP contribution in [0.3, 0.4) is 0 Å². The fourth-order valence-corrected chi connectivity index (χ4v) is 1.98. The number of pyridine rings is 1. The van der Waals surface area contributed by atoms with E-state index in [9.17, 15) is 0 Å². The molecule has 0 saturated carbocycles. The Morgan fingerprint density at radius 3 is 3.25 bits per heavy atom. The third kappa shape index (κ3) is 2.12. The van der Waals surface area contributed by atoms with Gasteiger partial charge in [0.2, 0.25) is 0 Å². The van der Waals surface area contributed by atoms with Gasteiger partial charge in [-0.2, -0.15) is 0 Å². The van der Waals surface area contributed by atoms with E-state index in [-0.39, 0.29) is 0 Å². The largest absolute Gasteiger partial charge is 0.372 e. The Kier molecular flexibility index (Phi) is 2.54. The van der Waals surface area contributed by atoms with Gasteiger partial charge in [0.25, 0.3) is 0 Å². The van der Waals surface area contributed by atoms with Crippen LogP contribution in [-0.2, 0) is 4.74 Å². The molecule has 2 rings (SSSR count). The van der Waals surface area contributed by atoms with E-state index in [1.54, 1.807) is 18.0 Å². The molecule has 1 aromatic rings. The lowest BCUT2D eigenvalue weighted by molar-refractivity contribution is 0.426. The van der Waals surface area contributed by atoms with Gasteiger partial charge in [-0.05, 0) is 12.1 Å². The van der Waals surface area contributed by atoms with E-state index >= 15 is 0 Å². The average molecular weight is 202 g/mol. The topological polar surface area (TPSA) is 25.4 Å². The van der Waals surface area contributed by atoms with Gasteiger partial charge in [0.1, 0.15) is 5.03 Å². The number of ether oxygens (including phenoxy) is 1. The fraction of sp³-hybridized carbons (Fsp3) is 0.375. The van der Waals surface area contributed by atoms with Crippen LogP contribution >= 0.6 is 23.4 Å². The molecule has 0 spiro atoms. The van der Waals surface area contributed by atoms with Crippen LogP contribution in [0.25, 0.3) is 0 Å². The smallest absolute Gasteiger partial charge is 0.115 e. The number of halogens is 1. The molecule has 0 aliphatic carbocycles. The van der Waals surface area contributed by atoms with Crippen molar-refractivity contribution in [1.29, 1.82) is 0 Å². The molecule has 1 unspecified atom stereocenters. The molecular weight excluding hydrogens is 194 g/mol. The Bertz CT molecular complexity index is 278. The highest BCUT2D eigenvalue weighted by molar-refractivity contribution is 7.99. The van der Waals surface area contributed by atoms with E-state index in [2.05, 4.69) is 4.98 Å². The normalized spacial score (nSPS) is 20.9. The summed E-state index contributed by atoms with van der Waals surface area (Å²) >= 11 is 7.55. The Hall–Kier alpha value is -0.250. The summed E-state index contributed by atoms with van der Waals surface area (Å²) in [6, 6.07) is 3.69. The molecule has 2 nitrogen and oxygen atoms in total. The average Bonchev–Trinajstić information content (AvgIpc) is 2.86. The van der Waals surface area contributed by atoms with Gasteiger partial charge >= 0.3 is 0 Å². The summed E-state index contributed by atoms with van der Waals surface area (Å²) in [7, 11) is 0. The van der Waals surface area contributed by atoms with Crippen molar-refractivity contribution in [3.63, 3.8) is 0 Å². The van der Waals surface area contributed by atoms with E-state index in [4.69, 9.17) is 16.3 Å². The van der Waals surface area contributed by atoms with Gasteiger partial charge in [-0.15, -0.1) is 11.8 Å². The lowest BCUT2D eigenvalue weighted by atomic mass is 10.5. The van der Waals surface area contributed by atoms with Crippen LogP contribution in [0.1, 0.15) is 0 Å². The van der Waals surface area contributed by atoms with Crippen molar-refractivity contribution < 1.29 is 4.74 Å². The van der Waals surface area contributed by atoms with E-state index in [0.717, 1.165) is 22.4 Å². The number of nitrogens with zero attached hydrogens (tertiary/aromatic N) is 1. The minimum Gasteiger partial charge on any atom is -0.372 e. The molecule has 0 N–H and O–H groups in total. The standard InChI is InChI=1S/C8H8ClNOS/c9-7-2-1-3-10-8(7)12-5-6-4-11-6/h1-3,6H,4-5H2. The molecule has 0 bridgehead atoms.